The van der Waals surface area contributed by atoms with E-state index < -0.39 is 0 Å². The number of thioether (sulfide) groups is 1. The lowest BCUT2D eigenvalue weighted by molar-refractivity contribution is -0.113. The van der Waals surface area contributed by atoms with Crippen molar-refractivity contribution in [3.05, 3.63) is 48.4 Å². The molecule has 0 radical (unpaired) electrons. The molecule has 0 aliphatic heterocycles. The molecule has 1 aliphatic rings. The molecule has 2 aromatic heterocycles. The number of rotatable bonds is 5. The number of oxazole rings is 1. The Morgan fingerprint density at radius 1 is 1.19 bits per heavy atom. The van der Waals surface area contributed by atoms with Gasteiger partial charge in [0.2, 0.25) is 5.91 Å². The van der Waals surface area contributed by atoms with E-state index in [9.17, 15) is 4.79 Å². The van der Waals surface area contributed by atoms with Crippen LogP contribution in [0.25, 0.3) is 21.3 Å². The van der Waals surface area contributed by atoms with Crippen molar-refractivity contribution in [2.24, 2.45) is 0 Å². The zero-order chi connectivity index (χ0) is 17.5. The minimum Gasteiger partial charge on any atom is -0.440 e. The summed E-state index contributed by atoms with van der Waals surface area (Å²) < 4.78 is 7.79. The Morgan fingerprint density at radius 3 is 2.92 bits per heavy atom. The number of fused-ring (bicyclic) bond motifs is 2. The molecule has 0 spiro atoms. The lowest BCUT2D eigenvalue weighted by Crippen LogP contribution is -2.13. The average molecular weight is 381 g/mol. The van der Waals surface area contributed by atoms with Gasteiger partial charge in [0.05, 0.1) is 16.0 Å². The summed E-state index contributed by atoms with van der Waals surface area (Å²) in [6, 6.07) is 13.6. The van der Waals surface area contributed by atoms with Gasteiger partial charge in [0.1, 0.15) is 5.52 Å². The molecule has 0 bridgehead atoms. The van der Waals surface area contributed by atoms with Crippen LogP contribution in [-0.4, -0.2) is 21.6 Å². The fourth-order valence-corrected chi connectivity index (χ4v) is 4.63. The summed E-state index contributed by atoms with van der Waals surface area (Å²) >= 11 is 3.06. The van der Waals surface area contributed by atoms with Crippen LogP contribution in [0.15, 0.2) is 51.2 Å². The minimum atomic E-state index is -0.0560. The molecule has 1 N–H and O–H groups in total. The number of thiazole rings is 1. The zero-order valence-corrected chi connectivity index (χ0v) is 15.4. The number of nitrogens with zero attached hydrogens (tertiary/aromatic N) is 2. The molecule has 0 saturated heterocycles. The molecule has 5 rings (SSSR count). The molecule has 0 atom stereocenters. The Balaban J connectivity index is 1.25. The van der Waals surface area contributed by atoms with Gasteiger partial charge in [-0.2, -0.15) is 0 Å². The summed E-state index contributed by atoms with van der Waals surface area (Å²) in [5, 5.41) is 2.93. The highest BCUT2D eigenvalue weighted by Crippen LogP contribution is 2.40. The summed E-state index contributed by atoms with van der Waals surface area (Å²) in [5.41, 5.74) is 3.28. The van der Waals surface area contributed by atoms with Gasteiger partial charge in [0, 0.05) is 11.6 Å². The van der Waals surface area contributed by atoms with Crippen LogP contribution in [0.4, 0.5) is 5.69 Å². The van der Waals surface area contributed by atoms with Gasteiger partial charge < -0.3 is 9.73 Å². The second-order valence-corrected chi connectivity index (χ2v) is 8.55. The number of carbonyl (C=O) groups is 1. The third-order valence-electron chi connectivity index (χ3n) is 4.22. The first kappa shape index (κ1) is 15.8. The molecule has 2 heterocycles. The molecule has 0 unspecified atom stereocenters. The molecule has 7 heteroatoms. The first-order valence-corrected chi connectivity index (χ1v) is 10.2. The first-order chi connectivity index (χ1) is 12.7. The van der Waals surface area contributed by atoms with Crippen molar-refractivity contribution in [2.45, 2.75) is 23.1 Å². The van der Waals surface area contributed by atoms with E-state index in [-0.39, 0.29) is 5.91 Å². The van der Waals surface area contributed by atoms with Crippen molar-refractivity contribution >= 4 is 56.0 Å². The SMILES string of the molecule is O=C(CSc1nc2ccccc2s1)Nc1ccc2oc(C3CC3)nc2c1. The predicted octanol–water partition coefficient (Wildman–Crippen LogP) is 5.05. The lowest BCUT2D eigenvalue weighted by Gasteiger charge is -2.03. The molecule has 130 valence electrons. The molecule has 1 fully saturated rings. The van der Waals surface area contributed by atoms with Crippen LogP contribution in [0.1, 0.15) is 24.7 Å². The van der Waals surface area contributed by atoms with Crippen molar-refractivity contribution in [3.63, 3.8) is 0 Å². The highest BCUT2D eigenvalue weighted by molar-refractivity contribution is 8.01. The molecule has 26 heavy (non-hydrogen) atoms. The van der Waals surface area contributed by atoms with Crippen molar-refractivity contribution in [3.8, 4) is 0 Å². The Hall–Kier alpha value is -2.38. The van der Waals surface area contributed by atoms with Crippen LogP contribution >= 0.6 is 23.1 Å². The summed E-state index contributed by atoms with van der Waals surface area (Å²) in [5.74, 6) is 1.56. The first-order valence-electron chi connectivity index (χ1n) is 8.43. The van der Waals surface area contributed by atoms with Crippen molar-refractivity contribution in [2.75, 3.05) is 11.1 Å². The number of nitrogens with one attached hydrogen (secondary N) is 1. The van der Waals surface area contributed by atoms with E-state index >= 15 is 0 Å². The van der Waals surface area contributed by atoms with Crippen LogP contribution in [0.2, 0.25) is 0 Å². The van der Waals surface area contributed by atoms with Gasteiger partial charge in [-0.05, 0) is 43.2 Å². The maximum Gasteiger partial charge on any atom is 0.234 e. The third kappa shape index (κ3) is 3.20. The summed E-state index contributed by atoms with van der Waals surface area (Å²) in [7, 11) is 0. The van der Waals surface area contributed by atoms with E-state index in [2.05, 4.69) is 15.3 Å². The predicted molar refractivity (Wildman–Crippen MR) is 105 cm³/mol. The summed E-state index contributed by atoms with van der Waals surface area (Å²) in [6.07, 6.45) is 2.30. The molecule has 1 amide bonds. The van der Waals surface area contributed by atoms with Crippen molar-refractivity contribution in [1.82, 2.24) is 9.97 Å². The molecule has 2 aromatic carbocycles. The monoisotopic (exact) mass is 381 g/mol. The number of para-hydroxylation sites is 1. The normalized spacial score (nSPS) is 14.2. The molecule has 1 saturated carbocycles. The van der Waals surface area contributed by atoms with Gasteiger partial charge in [0.25, 0.3) is 0 Å². The lowest BCUT2D eigenvalue weighted by atomic mass is 10.3. The fourth-order valence-electron chi connectivity index (χ4n) is 2.77. The Kier molecular flexibility index (Phi) is 3.90. The van der Waals surface area contributed by atoms with E-state index in [1.165, 1.54) is 11.8 Å². The van der Waals surface area contributed by atoms with E-state index in [0.717, 1.165) is 50.1 Å². The number of anilines is 1. The van der Waals surface area contributed by atoms with Crippen LogP contribution in [0.3, 0.4) is 0 Å². The smallest absolute Gasteiger partial charge is 0.234 e. The van der Waals surface area contributed by atoms with E-state index in [4.69, 9.17) is 4.42 Å². The number of hydrogen-bond donors (Lipinski definition) is 1. The van der Waals surface area contributed by atoms with E-state index in [1.807, 2.05) is 42.5 Å². The number of amides is 1. The van der Waals surface area contributed by atoms with Crippen LogP contribution < -0.4 is 5.32 Å². The highest BCUT2D eigenvalue weighted by Gasteiger charge is 2.28. The number of aromatic nitrogens is 2. The van der Waals surface area contributed by atoms with Crippen molar-refractivity contribution < 1.29 is 9.21 Å². The molecule has 4 aromatic rings. The third-order valence-corrected chi connectivity index (χ3v) is 6.39. The maximum atomic E-state index is 12.3. The molecule has 5 nitrogen and oxygen atoms in total. The largest absolute Gasteiger partial charge is 0.440 e. The topological polar surface area (TPSA) is 68.0 Å². The Bertz CT molecular complexity index is 1080. The molecular weight excluding hydrogens is 366 g/mol. The second-order valence-electron chi connectivity index (χ2n) is 6.29. The second kappa shape index (κ2) is 6.41. The zero-order valence-electron chi connectivity index (χ0n) is 13.8. The van der Waals surface area contributed by atoms with Gasteiger partial charge in [-0.3, -0.25) is 4.79 Å². The fraction of sp³-hybridized carbons (Fsp3) is 0.211. The van der Waals surface area contributed by atoms with Crippen molar-refractivity contribution in [1.29, 1.82) is 0 Å². The van der Waals surface area contributed by atoms with Gasteiger partial charge >= 0.3 is 0 Å². The number of carbonyl (C=O) groups excluding carboxylic acids is 1. The number of benzene rings is 2. The van der Waals surface area contributed by atoms with Crippen LogP contribution in [-0.2, 0) is 4.79 Å². The summed E-state index contributed by atoms with van der Waals surface area (Å²) in [4.78, 5) is 21.3. The van der Waals surface area contributed by atoms with Gasteiger partial charge in [-0.25, -0.2) is 9.97 Å². The summed E-state index contributed by atoms with van der Waals surface area (Å²) in [6.45, 7) is 0. The van der Waals surface area contributed by atoms with Gasteiger partial charge in [0.15, 0.2) is 15.8 Å². The molecule has 1 aliphatic carbocycles. The Labute approximate surface area is 157 Å². The standard InChI is InChI=1S/C19H15N3O2S2/c23-17(10-25-19-22-13-3-1-2-4-16(13)26-19)20-12-7-8-15-14(9-12)21-18(24-15)11-5-6-11/h1-4,7-9,11H,5-6,10H2,(H,20,23). The van der Waals surface area contributed by atoms with Crippen LogP contribution in [0, 0.1) is 0 Å². The quantitative estimate of drug-likeness (QED) is 0.490. The van der Waals surface area contributed by atoms with Gasteiger partial charge in [-0.1, -0.05) is 23.9 Å². The van der Waals surface area contributed by atoms with E-state index in [0.29, 0.717) is 11.7 Å². The highest BCUT2D eigenvalue weighted by atomic mass is 32.2. The minimum absolute atomic E-state index is 0.0560. The Morgan fingerprint density at radius 2 is 2.08 bits per heavy atom. The maximum absolute atomic E-state index is 12.3. The van der Waals surface area contributed by atoms with E-state index in [1.54, 1.807) is 11.3 Å². The van der Waals surface area contributed by atoms with Gasteiger partial charge in [-0.15, -0.1) is 11.3 Å². The van der Waals surface area contributed by atoms with Crippen LogP contribution in [0.5, 0.6) is 0 Å². The number of hydrogen-bond acceptors (Lipinski definition) is 6. The average Bonchev–Trinajstić information content (AvgIpc) is 3.27. The molecular formula is C19H15N3O2S2.